The molecule has 2 rings (SSSR count). The molecule has 0 radical (unpaired) electrons. The number of hydrogen-bond donors (Lipinski definition) is 1. The van der Waals surface area contributed by atoms with E-state index in [2.05, 4.69) is 0 Å². The zero-order chi connectivity index (χ0) is 14.5. The zero-order valence-electron chi connectivity index (χ0n) is 11.2. The summed E-state index contributed by atoms with van der Waals surface area (Å²) >= 11 is 0. The van der Waals surface area contributed by atoms with Gasteiger partial charge in [0, 0.05) is 19.5 Å². The SMILES string of the molecule is O=C(O)CC1CCN(C(=O)Cc2ccc(F)cc2)CC1. The molecule has 4 nitrogen and oxygen atoms in total. The van der Waals surface area contributed by atoms with Crippen molar-refractivity contribution in [3.05, 3.63) is 35.6 Å². The Morgan fingerprint density at radius 3 is 2.35 bits per heavy atom. The number of carbonyl (C=O) groups excluding carboxylic acids is 1. The first-order valence-electron chi connectivity index (χ1n) is 6.78. The van der Waals surface area contributed by atoms with Crippen LogP contribution in [0.2, 0.25) is 0 Å². The lowest BCUT2D eigenvalue weighted by Gasteiger charge is -2.31. The number of benzene rings is 1. The van der Waals surface area contributed by atoms with Gasteiger partial charge in [-0.2, -0.15) is 0 Å². The average molecular weight is 279 g/mol. The summed E-state index contributed by atoms with van der Waals surface area (Å²) in [5.41, 5.74) is 0.795. The minimum atomic E-state index is -0.777. The quantitative estimate of drug-likeness (QED) is 0.918. The summed E-state index contributed by atoms with van der Waals surface area (Å²) in [6.45, 7) is 1.22. The van der Waals surface area contributed by atoms with Gasteiger partial charge in [-0.15, -0.1) is 0 Å². The highest BCUT2D eigenvalue weighted by molar-refractivity contribution is 5.78. The van der Waals surface area contributed by atoms with Crippen molar-refractivity contribution < 1.29 is 19.1 Å². The molecule has 1 amide bonds. The monoisotopic (exact) mass is 279 g/mol. The van der Waals surface area contributed by atoms with Gasteiger partial charge in [0.05, 0.1) is 6.42 Å². The van der Waals surface area contributed by atoms with Crippen LogP contribution in [-0.4, -0.2) is 35.0 Å². The van der Waals surface area contributed by atoms with Gasteiger partial charge in [-0.25, -0.2) is 4.39 Å². The highest BCUT2D eigenvalue weighted by Crippen LogP contribution is 2.21. The number of amides is 1. The number of aliphatic carboxylic acids is 1. The molecule has 1 N–H and O–H groups in total. The van der Waals surface area contributed by atoms with Crippen LogP contribution in [0.1, 0.15) is 24.8 Å². The van der Waals surface area contributed by atoms with Gasteiger partial charge in [0.15, 0.2) is 0 Å². The minimum Gasteiger partial charge on any atom is -0.481 e. The topological polar surface area (TPSA) is 57.6 Å². The molecule has 1 aliphatic rings. The third-order valence-electron chi connectivity index (χ3n) is 3.70. The van der Waals surface area contributed by atoms with Crippen LogP contribution in [-0.2, 0) is 16.0 Å². The molecule has 0 bridgehead atoms. The lowest BCUT2D eigenvalue weighted by molar-refractivity contribution is -0.138. The van der Waals surface area contributed by atoms with E-state index in [0.29, 0.717) is 13.1 Å². The first-order chi connectivity index (χ1) is 9.54. The second-order valence-corrected chi connectivity index (χ2v) is 5.23. The van der Waals surface area contributed by atoms with Gasteiger partial charge < -0.3 is 10.0 Å². The number of halogens is 1. The molecule has 0 saturated carbocycles. The number of hydrogen-bond acceptors (Lipinski definition) is 2. The lowest BCUT2D eigenvalue weighted by Crippen LogP contribution is -2.39. The molecular formula is C15H18FNO3. The predicted octanol–water partition coefficient (Wildman–Crippen LogP) is 2.08. The maximum atomic E-state index is 12.8. The Morgan fingerprint density at radius 2 is 1.80 bits per heavy atom. The fraction of sp³-hybridized carbons (Fsp3) is 0.467. The van der Waals surface area contributed by atoms with Gasteiger partial charge in [-0.1, -0.05) is 12.1 Å². The third-order valence-corrected chi connectivity index (χ3v) is 3.70. The first-order valence-corrected chi connectivity index (χ1v) is 6.78. The fourth-order valence-corrected chi connectivity index (χ4v) is 2.52. The van der Waals surface area contributed by atoms with Crippen LogP contribution >= 0.6 is 0 Å². The predicted molar refractivity (Wildman–Crippen MR) is 71.7 cm³/mol. The van der Waals surface area contributed by atoms with Crippen LogP contribution in [0, 0.1) is 11.7 Å². The van der Waals surface area contributed by atoms with E-state index in [-0.39, 0.29) is 30.5 Å². The third kappa shape index (κ3) is 4.05. The van der Waals surface area contributed by atoms with Crippen molar-refractivity contribution in [2.75, 3.05) is 13.1 Å². The lowest BCUT2D eigenvalue weighted by atomic mass is 9.93. The summed E-state index contributed by atoms with van der Waals surface area (Å²) < 4.78 is 12.8. The fourth-order valence-electron chi connectivity index (χ4n) is 2.52. The molecule has 0 spiro atoms. The van der Waals surface area contributed by atoms with Gasteiger partial charge in [0.2, 0.25) is 5.91 Å². The molecule has 0 aromatic heterocycles. The van der Waals surface area contributed by atoms with Crippen molar-refractivity contribution in [1.29, 1.82) is 0 Å². The molecule has 108 valence electrons. The van der Waals surface area contributed by atoms with Gasteiger partial charge in [-0.05, 0) is 36.5 Å². The van der Waals surface area contributed by atoms with E-state index in [1.807, 2.05) is 0 Å². The van der Waals surface area contributed by atoms with Crippen molar-refractivity contribution in [2.45, 2.75) is 25.7 Å². The number of likely N-dealkylation sites (tertiary alicyclic amines) is 1. The summed E-state index contributed by atoms with van der Waals surface area (Å²) in [6.07, 6.45) is 1.92. The Hall–Kier alpha value is -1.91. The van der Waals surface area contributed by atoms with E-state index >= 15 is 0 Å². The number of carboxylic acid groups (broad SMARTS) is 1. The molecule has 1 aliphatic heterocycles. The van der Waals surface area contributed by atoms with Gasteiger partial charge in [0.1, 0.15) is 5.82 Å². The van der Waals surface area contributed by atoms with Crippen molar-refractivity contribution in [2.24, 2.45) is 5.92 Å². The summed E-state index contributed by atoms with van der Waals surface area (Å²) in [5.74, 6) is -0.899. The minimum absolute atomic E-state index is 0.0189. The van der Waals surface area contributed by atoms with E-state index in [4.69, 9.17) is 5.11 Å². The molecule has 1 saturated heterocycles. The number of carbonyl (C=O) groups is 2. The maximum absolute atomic E-state index is 12.8. The van der Waals surface area contributed by atoms with Gasteiger partial charge >= 0.3 is 5.97 Å². The van der Waals surface area contributed by atoms with E-state index in [1.165, 1.54) is 12.1 Å². The highest BCUT2D eigenvalue weighted by Gasteiger charge is 2.24. The number of carboxylic acids is 1. The second kappa shape index (κ2) is 6.50. The summed E-state index contributed by atoms with van der Waals surface area (Å²) in [4.78, 5) is 24.5. The number of nitrogens with zero attached hydrogens (tertiary/aromatic N) is 1. The van der Waals surface area contributed by atoms with E-state index in [0.717, 1.165) is 18.4 Å². The average Bonchev–Trinajstić information content (AvgIpc) is 2.41. The van der Waals surface area contributed by atoms with Crippen LogP contribution < -0.4 is 0 Å². The Labute approximate surface area is 117 Å². The van der Waals surface area contributed by atoms with Crippen LogP contribution in [0.4, 0.5) is 4.39 Å². The van der Waals surface area contributed by atoms with Crippen LogP contribution in [0.5, 0.6) is 0 Å². The molecule has 0 atom stereocenters. The van der Waals surface area contributed by atoms with E-state index < -0.39 is 5.97 Å². The second-order valence-electron chi connectivity index (χ2n) is 5.23. The van der Waals surface area contributed by atoms with Crippen molar-refractivity contribution >= 4 is 11.9 Å². The zero-order valence-corrected chi connectivity index (χ0v) is 11.2. The molecule has 0 unspecified atom stereocenters. The molecule has 20 heavy (non-hydrogen) atoms. The Morgan fingerprint density at radius 1 is 1.20 bits per heavy atom. The Balaban J connectivity index is 1.82. The highest BCUT2D eigenvalue weighted by atomic mass is 19.1. The van der Waals surface area contributed by atoms with Crippen LogP contribution in [0.3, 0.4) is 0 Å². The molecule has 1 heterocycles. The number of piperidine rings is 1. The van der Waals surface area contributed by atoms with Crippen molar-refractivity contribution in [3.63, 3.8) is 0 Å². The van der Waals surface area contributed by atoms with Crippen molar-refractivity contribution in [1.82, 2.24) is 4.90 Å². The normalized spacial score (nSPS) is 16.1. The van der Waals surface area contributed by atoms with Crippen LogP contribution in [0.25, 0.3) is 0 Å². The standard InChI is InChI=1S/C15H18FNO3/c16-13-3-1-11(2-4-13)9-14(18)17-7-5-12(6-8-17)10-15(19)20/h1-4,12H,5-10H2,(H,19,20). The largest absolute Gasteiger partial charge is 0.481 e. The molecular weight excluding hydrogens is 261 g/mol. The molecule has 0 aliphatic carbocycles. The molecule has 1 fully saturated rings. The molecule has 1 aromatic rings. The number of rotatable bonds is 4. The first kappa shape index (κ1) is 14.5. The smallest absolute Gasteiger partial charge is 0.303 e. The Kier molecular flexibility index (Phi) is 4.71. The molecule has 5 heteroatoms. The summed E-state index contributed by atoms with van der Waals surface area (Å²) in [5, 5.41) is 8.75. The summed E-state index contributed by atoms with van der Waals surface area (Å²) in [7, 11) is 0. The molecule has 1 aromatic carbocycles. The van der Waals surface area contributed by atoms with Crippen molar-refractivity contribution in [3.8, 4) is 0 Å². The van der Waals surface area contributed by atoms with E-state index in [9.17, 15) is 14.0 Å². The maximum Gasteiger partial charge on any atom is 0.303 e. The van der Waals surface area contributed by atoms with Crippen LogP contribution in [0.15, 0.2) is 24.3 Å². The summed E-state index contributed by atoms with van der Waals surface area (Å²) in [6, 6.07) is 5.93. The van der Waals surface area contributed by atoms with Gasteiger partial charge in [0.25, 0.3) is 0 Å². The van der Waals surface area contributed by atoms with E-state index in [1.54, 1.807) is 17.0 Å². The van der Waals surface area contributed by atoms with Gasteiger partial charge in [-0.3, -0.25) is 9.59 Å². The Bertz CT molecular complexity index is 478.